The number of hydrogen-bond acceptors (Lipinski definition) is 2. The van der Waals surface area contributed by atoms with Gasteiger partial charge in [-0.25, -0.2) is 0 Å². The average molecular weight is 341 g/mol. The normalized spacial score (nSPS) is 14.1. The molecule has 0 bridgehead atoms. The molecule has 2 aromatic heterocycles. The van der Waals surface area contributed by atoms with Crippen molar-refractivity contribution >= 4 is 38.3 Å². The molecule has 0 aliphatic heterocycles. The standard InChI is InChI=1S/C24H23NO/c1-14(2)15(3)24-19-13-21-20-10-16-6-4-5-7-17(16)11-22(20)26-23(21)12-18(19)8-9-25-24/h8-13H,4-7H2,1-3H3. The van der Waals surface area contributed by atoms with Gasteiger partial charge in [0.2, 0.25) is 0 Å². The van der Waals surface area contributed by atoms with E-state index in [4.69, 9.17) is 4.42 Å². The van der Waals surface area contributed by atoms with Gasteiger partial charge in [0.25, 0.3) is 0 Å². The molecular formula is C24H23NO. The maximum atomic E-state index is 6.24. The van der Waals surface area contributed by atoms with E-state index in [-0.39, 0.29) is 0 Å². The average Bonchev–Trinajstić information content (AvgIpc) is 2.99. The number of pyridine rings is 1. The summed E-state index contributed by atoms with van der Waals surface area (Å²) in [5.74, 6) is 0. The molecule has 5 rings (SSSR count). The molecule has 1 aliphatic rings. The Kier molecular flexibility index (Phi) is 3.43. The number of hydrogen-bond donors (Lipinski definition) is 0. The zero-order chi connectivity index (χ0) is 17.8. The van der Waals surface area contributed by atoms with Crippen molar-refractivity contribution in [3.63, 3.8) is 0 Å². The van der Waals surface area contributed by atoms with Gasteiger partial charge in [0, 0.05) is 22.4 Å². The Labute approximate surface area is 153 Å². The summed E-state index contributed by atoms with van der Waals surface area (Å²) in [5, 5.41) is 4.84. The first-order valence-electron chi connectivity index (χ1n) is 9.53. The molecule has 2 heteroatoms. The fourth-order valence-electron chi connectivity index (χ4n) is 4.21. The Balaban J connectivity index is 1.86. The van der Waals surface area contributed by atoms with Crippen LogP contribution < -0.4 is 0 Å². The molecular weight excluding hydrogens is 318 g/mol. The predicted octanol–water partition coefficient (Wildman–Crippen LogP) is 6.83. The Morgan fingerprint density at radius 2 is 1.54 bits per heavy atom. The minimum atomic E-state index is 0.974. The molecule has 1 aliphatic carbocycles. The second-order valence-electron chi connectivity index (χ2n) is 7.78. The SMILES string of the molecule is CC(C)=C(C)c1nccc2cc3oc4cc5c(cc4c3cc12)CCCC5. The minimum absolute atomic E-state index is 0.974. The van der Waals surface area contributed by atoms with Gasteiger partial charge in [-0.15, -0.1) is 0 Å². The van der Waals surface area contributed by atoms with Crippen molar-refractivity contribution < 1.29 is 4.42 Å². The lowest BCUT2D eigenvalue weighted by molar-refractivity contribution is 0.660. The van der Waals surface area contributed by atoms with Crippen LogP contribution in [0.15, 0.2) is 46.5 Å². The fourth-order valence-corrected chi connectivity index (χ4v) is 4.21. The highest BCUT2D eigenvalue weighted by Crippen LogP contribution is 2.37. The molecule has 26 heavy (non-hydrogen) atoms. The number of allylic oxidation sites excluding steroid dienone is 2. The lowest BCUT2D eigenvalue weighted by atomic mass is 9.90. The van der Waals surface area contributed by atoms with E-state index < -0.39 is 0 Å². The van der Waals surface area contributed by atoms with Gasteiger partial charge in [-0.2, -0.15) is 0 Å². The second-order valence-corrected chi connectivity index (χ2v) is 7.78. The van der Waals surface area contributed by atoms with Crippen LogP contribution in [0.5, 0.6) is 0 Å². The summed E-state index contributed by atoms with van der Waals surface area (Å²) in [7, 11) is 0. The van der Waals surface area contributed by atoms with Crippen molar-refractivity contribution in [3.8, 4) is 0 Å². The molecule has 0 amide bonds. The second kappa shape index (κ2) is 5.70. The van der Waals surface area contributed by atoms with E-state index in [0.717, 1.165) is 16.9 Å². The van der Waals surface area contributed by atoms with Crippen molar-refractivity contribution in [3.05, 3.63) is 58.9 Å². The molecule has 2 nitrogen and oxygen atoms in total. The topological polar surface area (TPSA) is 26.0 Å². The van der Waals surface area contributed by atoms with Crippen molar-refractivity contribution in [1.29, 1.82) is 0 Å². The van der Waals surface area contributed by atoms with E-state index in [1.807, 2.05) is 6.20 Å². The van der Waals surface area contributed by atoms with Crippen LogP contribution in [0.25, 0.3) is 38.3 Å². The summed E-state index contributed by atoms with van der Waals surface area (Å²) in [6.45, 7) is 6.45. The minimum Gasteiger partial charge on any atom is -0.456 e. The van der Waals surface area contributed by atoms with Gasteiger partial charge in [-0.05, 0) is 98.9 Å². The van der Waals surface area contributed by atoms with Crippen LogP contribution in [0.2, 0.25) is 0 Å². The van der Waals surface area contributed by atoms with Gasteiger partial charge < -0.3 is 4.42 Å². The summed E-state index contributed by atoms with van der Waals surface area (Å²) in [6, 6.07) is 11.2. The maximum absolute atomic E-state index is 6.24. The third kappa shape index (κ3) is 2.28. The maximum Gasteiger partial charge on any atom is 0.136 e. The Hall–Kier alpha value is -2.61. The van der Waals surface area contributed by atoms with E-state index in [2.05, 4.69) is 56.1 Å². The molecule has 0 saturated carbocycles. The van der Waals surface area contributed by atoms with Gasteiger partial charge in [0.1, 0.15) is 11.2 Å². The van der Waals surface area contributed by atoms with E-state index in [9.17, 15) is 0 Å². The third-order valence-corrected chi connectivity index (χ3v) is 5.92. The first-order valence-corrected chi connectivity index (χ1v) is 9.53. The van der Waals surface area contributed by atoms with Gasteiger partial charge in [-0.1, -0.05) is 5.57 Å². The van der Waals surface area contributed by atoms with Crippen molar-refractivity contribution in [2.24, 2.45) is 0 Å². The number of furan rings is 1. The summed E-state index contributed by atoms with van der Waals surface area (Å²) in [6.07, 6.45) is 6.86. The molecule has 2 aromatic carbocycles. The van der Waals surface area contributed by atoms with Crippen LogP contribution in [-0.4, -0.2) is 4.98 Å². The Bertz CT molecular complexity index is 1210. The number of rotatable bonds is 1. The molecule has 4 aromatic rings. The predicted molar refractivity (Wildman–Crippen MR) is 110 cm³/mol. The summed E-state index contributed by atoms with van der Waals surface area (Å²) in [5.41, 5.74) is 8.59. The van der Waals surface area contributed by atoms with E-state index in [1.54, 1.807) is 0 Å². The molecule has 0 atom stereocenters. The highest BCUT2D eigenvalue weighted by molar-refractivity contribution is 6.11. The molecule has 0 spiro atoms. The first-order chi connectivity index (χ1) is 12.6. The molecule has 0 radical (unpaired) electrons. The monoisotopic (exact) mass is 341 g/mol. The van der Waals surface area contributed by atoms with E-state index in [0.29, 0.717) is 0 Å². The highest BCUT2D eigenvalue weighted by atomic mass is 16.3. The van der Waals surface area contributed by atoms with Crippen LogP contribution >= 0.6 is 0 Å². The number of aromatic nitrogens is 1. The van der Waals surface area contributed by atoms with E-state index in [1.165, 1.54) is 69.5 Å². The van der Waals surface area contributed by atoms with Gasteiger partial charge in [-0.3, -0.25) is 4.98 Å². The van der Waals surface area contributed by atoms with Gasteiger partial charge >= 0.3 is 0 Å². The molecule has 0 unspecified atom stereocenters. The summed E-state index contributed by atoms with van der Waals surface area (Å²) in [4.78, 5) is 4.68. The molecule has 2 heterocycles. The highest BCUT2D eigenvalue weighted by Gasteiger charge is 2.16. The van der Waals surface area contributed by atoms with Crippen LogP contribution in [0.1, 0.15) is 50.4 Å². The lowest BCUT2D eigenvalue weighted by Gasteiger charge is -2.14. The number of fused-ring (bicyclic) bond motifs is 5. The van der Waals surface area contributed by atoms with Gasteiger partial charge in [0.05, 0.1) is 5.69 Å². The molecule has 0 saturated heterocycles. The molecule has 130 valence electrons. The van der Waals surface area contributed by atoms with Crippen LogP contribution in [0.4, 0.5) is 0 Å². The summed E-state index contributed by atoms with van der Waals surface area (Å²) >= 11 is 0. The number of nitrogens with zero attached hydrogens (tertiary/aromatic N) is 1. The quantitative estimate of drug-likeness (QED) is 0.379. The van der Waals surface area contributed by atoms with Crippen molar-refractivity contribution in [2.75, 3.05) is 0 Å². The van der Waals surface area contributed by atoms with E-state index >= 15 is 0 Å². The third-order valence-electron chi connectivity index (χ3n) is 5.92. The van der Waals surface area contributed by atoms with Crippen LogP contribution in [0.3, 0.4) is 0 Å². The smallest absolute Gasteiger partial charge is 0.136 e. The van der Waals surface area contributed by atoms with Crippen molar-refractivity contribution in [1.82, 2.24) is 4.98 Å². The zero-order valence-electron chi connectivity index (χ0n) is 15.6. The Morgan fingerprint density at radius 1 is 0.846 bits per heavy atom. The first kappa shape index (κ1) is 15.6. The van der Waals surface area contributed by atoms with Gasteiger partial charge in [0.15, 0.2) is 0 Å². The fraction of sp³-hybridized carbons (Fsp3) is 0.292. The van der Waals surface area contributed by atoms with Crippen LogP contribution in [-0.2, 0) is 12.8 Å². The largest absolute Gasteiger partial charge is 0.456 e. The Morgan fingerprint density at radius 3 is 2.31 bits per heavy atom. The lowest BCUT2D eigenvalue weighted by Crippen LogP contribution is -2.01. The zero-order valence-corrected chi connectivity index (χ0v) is 15.6. The number of benzene rings is 2. The molecule has 0 N–H and O–H groups in total. The van der Waals surface area contributed by atoms with Crippen molar-refractivity contribution in [2.45, 2.75) is 46.5 Å². The summed E-state index contributed by atoms with van der Waals surface area (Å²) < 4.78 is 6.24. The van der Waals surface area contributed by atoms with Crippen LogP contribution in [0, 0.1) is 0 Å². The number of aryl methyl sites for hydroxylation is 2. The molecule has 0 fully saturated rings.